The quantitative estimate of drug-likeness (QED) is 0.476. The molecule has 3 aromatic rings. The summed E-state index contributed by atoms with van der Waals surface area (Å²) >= 11 is 1.17. The molecule has 8 nitrogen and oxygen atoms in total. The average Bonchev–Trinajstić information content (AvgIpc) is 3.25. The van der Waals surface area contributed by atoms with Gasteiger partial charge in [0.15, 0.2) is 13.2 Å². The smallest absolute Gasteiger partial charge is 0.344 e. The van der Waals surface area contributed by atoms with Crippen LogP contribution in [0.15, 0.2) is 60.0 Å². The van der Waals surface area contributed by atoms with Gasteiger partial charge in [0.25, 0.3) is 5.91 Å². The van der Waals surface area contributed by atoms with Gasteiger partial charge < -0.3 is 19.5 Å². The van der Waals surface area contributed by atoms with Gasteiger partial charge in [-0.25, -0.2) is 9.59 Å². The predicted octanol–water partition coefficient (Wildman–Crippen LogP) is 4.02. The van der Waals surface area contributed by atoms with Gasteiger partial charge >= 0.3 is 11.9 Å². The van der Waals surface area contributed by atoms with Crippen LogP contribution in [0.25, 0.3) is 11.1 Å². The maximum Gasteiger partial charge on any atom is 0.344 e. The van der Waals surface area contributed by atoms with Gasteiger partial charge in [-0.1, -0.05) is 42.5 Å². The molecule has 1 amide bonds. The monoisotopic (exact) mass is 464 g/mol. The zero-order chi connectivity index (χ0) is 23.6. The molecule has 33 heavy (non-hydrogen) atoms. The number of nitrogens with zero attached hydrogens (tertiary/aromatic N) is 1. The van der Waals surface area contributed by atoms with E-state index in [0.29, 0.717) is 10.6 Å². The highest BCUT2D eigenvalue weighted by Crippen LogP contribution is 2.36. The summed E-state index contributed by atoms with van der Waals surface area (Å²) in [4.78, 5) is 36.8. The Labute approximate surface area is 194 Å². The third-order valence-corrected chi connectivity index (χ3v) is 5.22. The fraction of sp³-hybridized carbons (Fsp3) is 0.167. The largest absolute Gasteiger partial charge is 0.481 e. The summed E-state index contributed by atoms with van der Waals surface area (Å²) in [6.07, 6.45) is 0. The lowest BCUT2D eigenvalue weighted by molar-refractivity contribution is -0.149. The SMILES string of the molecule is CCOC(=O)c1c(-c2ccccc2)csc1NC(=O)COC(=O)COc1ccccc1C#N. The Morgan fingerprint density at radius 2 is 1.73 bits per heavy atom. The molecule has 0 unspecified atom stereocenters. The molecule has 0 saturated carbocycles. The predicted molar refractivity (Wildman–Crippen MR) is 122 cm³/mol. The van der Waals surface area contributed by atoms with Crippen LogP contribution in [0.5, 0.6) is 5.75 Å². The van der Waals surface area contributed by atoms with E-state index < -0.39 is 31.1 Å². The minimum atomic E-state index is -0.778. The number of rotatable bonds is 9. The molecule has 0 radical (unpaired) electrons. The molecule has 1 N–H and O–H groups in total. The van der Waals surface area contributed by atoms with Gasteiger partial charge in [0.05, 0.1) is 12.2 Å². The van der Waals surface area contributed by atoms with E-state index in [0.717, 1.165) is 5.56 Å². The van der Waals surface area contributed by atoms with E-state index in [2.05, 4.69) is 5.32 Å². The van der Waals surface area contributed by atoms with Gasteiger partial charge in [0.2, 0.25) is 0 Å². The first-order chi connectivity index (χ1) is 16.0. The van der Waals surface area contributed by atoms with Crippen molar-refractivity contribution in [3.05, 3.63) is 71.1 Å². The zero-order valence-electron chi connectivity index (χ0n) is 17.7. The molecule has 0 fully saturated rings. The number of thiophene rings is 1. The van der Waals surface area contributed by atoms with Gasteiger partial charge in [-0.2, -0.15) is 5.26 Å². The highest BCUT2D eigenvalue weighted by molar-refractivity contribution is 7.15. The van der Waals surface area contributed by atoms with Crippen LogP contribution >= 0.6 is 11.3 Å². The molecule has 0 aliphatic heterocycles. The van der Waals surface area contributed by atoms with Gasteiger partial charge in [-0.05, 0) is 24.6 Å². The number of ether oxygens (including phenoxy) is 3. The number of benzene rings is 2. The van der Waals surface area contributed by atoms with Gasteiger partial charge in [-0.15, -0.1) is 11.3 Å². The first-order valence-electron chi connectivity index (χ1n) is 9.95. The molecule has 2 aromatic carbocycles. The Bertz CT molecular complexity index is 1180. The molecule has 1 aromatic heterocycles. The number of anilines is 1. The van der Waals surface area contributed by atoms with Crippen molar-refractivity contribution in [2.75, 3.05) is 25.1 Å². The van der Waals surface area contributed by atoms with E-state index in [1.807, 2.05) is 36.4 Å². The first kappa shape index (κ1) is 23.5. The molecular weight excluding hydrogens is 444 g/mol. The number of amides is 1. The van der Waals surface area contributed by atoms with Crippen molar-refractivity contribution >= 4 is 34.2 Å². The first-order valence-corrected chi connectivity index (χ1v) is 10.8. The van der Waals surface area contributed by atoms with Crippen LogP contribution in [-0.4, -0.2) is 37.7 Å². The van der Waals surface area contributed by atoms with Crippen LogP contribution in [0.3, 0.4) is 0 Å². The standard InChI is InChI=1S/C24H20N2O6S/c1-2-30-24(29)22-18(16-8-4-3-5-9-16)15-33-23(22)26-20(27)13-32-21(28)14-31-19-11-7-6-10-17(19)12-25/h3-11,15H,2,13-14H2,1H3,(H,26,27). The van der Waals surface area contributed by atoms with Crippen molar-refractivity contribution in [3.8, 4) is 22.9 Å². The molecule has 0 atom stereocenters. The van der Waals surface area contributed by atoms with E-state index >= 15 is 0 Å². The Kier molecular flexibility index (Phi) is 8.16. The second-order valence-electron chi connectivity index (χ2n) is 6.55. The fourth-order valence-electron chi connectivity index (χ4n) is 2.86. The minimum absolute atomic E-state index is 0.183. The van der Waals surface area contributed by atoms with E-state index in [9.17, 15) is 14.4 Å². The summed E-state index contributed by atoms with van der Waals surface area (Å²) in [5.74, 6) is -1.71. The van der Waals surface area contributed by atoms with E-state index in [1.165, 1.54) is 11.3 Å². The summed E-state index contributed by atoms with van der Waals surface area (Å²) < 4.78 is 15.4. The summed E-state index contributed by atoms with van der Waals surface area (Å²) in [5.41, 5.74) is 1.96. The van der Waals surface area contributed by atoms with Crippen molar-refractivity contribution in [1.29, 1.82) is 5.26 Å². The highest BCUT2D eigenvalue weighted by atomic mass is 32.1. The molecule has 0 saturated heterocycles. The molecular formula is C24H20N2O6S. The van der Waals surface area contributed by atoms with E-state index in [-0.39, 0.29) is 23.5 Å². The lowest BCUT2D eigenvalue weighted by Gasteiger charge is -2.10. The maximum absolute atomic E-state index is 12.5. The van der Waals surface area contributed by atoms with Crippen LogP contribution in [0.4, 0.5) is 5.00 Å². The number of para-hydroxylation sites is 1. The average molecular weight is 464 g/mol. The normalized spacial score (nSPS) is 10.1. The Hall–Kier alpha value is -4.16. The molecule has 0 spiro atoms. The maximum atomic E-state index is 12.5. The van der Waals surface area contributed by atoms with Crippen molar-refractivity contribution in [1.82, 2.24) is 0 Å². The van der Waals surface area contributed by atoms with Gasteiger partial charge in [0, 0.05) is 10.9 Å². The van der Waals surface area contributed by atoms with Crippen LogP contribution in [0.1, 0.15) is 22.8 Å². The summed E-state index contributed by atoms with van der Waals surface area (Å²) in [6.45, 7) is 0.851. The highest BCUT2D eigenvalue weighted by Gasteiger charge is 2.23. The number of hydrogen-bond acceptors (Lipinski definition) is 8. The lowest BCUT2D eigenvalue weighted by Crippen LogP contribution is -2.24. The second kappa shape index (κ2) is 11.5. The lowest BCUT2D eigenvalue weighted by atomic mass is 10.0. The molecule has 0 bridgehead atoms. The van der Waals surface area contributed by atoms with Crippen molar-refractivity contribution in [2.24, 2.45) is 0 Å². The third-order valence-electron chi connectivity index (χ3n) is 4.33. The number of esters is 2. The number of carbonyl (C=O) groups is 3. The van der Waals surface area contributed by atoms with Gasteiger partial charge in [0.1, 0.15) is 22.4 Å². The number of nitriles is 1. The fourth-order valence-corrected chi connectivity index (χ4v) is 3.83. The van der Waals surface area contributed by atoms with Crippen molar-refractivity contribution < 1.29 is 28.6 Å². The summed E-state index contributed by atoms with van der Waals surface area (Å²) in [7, 11) is 0. The molecule has 0 aliphatic rings. The number of carbonyl (C=O) groups excluding carboxylic acids is 3. The van der Waals surface area contributed by atoms with Crippen LogP contribution < -0.4 is 10.1 Å². The van der Waals surface area contributed by atoms with Crippen molar-refractivity contribution in [2.45, 2.75) is 6.92 Å². The van der Waals surface area contributed by atoms with Crippen LogP contribution in [-0.2, 0) is 19.1 Å². The van der Waals surface area contributed by atoms with Crippen molar-refractivity contribution in [3.63, 3.8) is 0 Å². The topological polar surface area (TPSA) is 115 Å². The van der Waals surface area contributed by atoms with E-state index in [1.54, 1.807) is 36.6 Å². The summed E-state index contributed by atoms with van der Waals surface area (Å²) in [5, 5.41) is 13.7. The molecule has 168 valence electrons. The van der Waals surface area contributed by atoms with Crippen LogP contribution in [0, 0.1) is 11.3 Å². The molecule has 0 aliphatic carbocycles. The van der Waals surface area contributed by atoms with E-state index in [4.69, 9.17) is 19.5 Å². The Balaban J connectivity index is 1.62. The number of nitrogens with one attached hydrogen (secondary N) is 1. The van der Waals surface area contributed by atoms with Crippen LogP contribution in [0.2, 0.25) is 0 Å². The van der Waals surface area contributed by atoms with Gasteiger partial charge in [-0.3, -0.25) is 4.79 Å². The minimum Gasteiger partial charge on any atom is -0.481 e. The third kappa shape index (κ3) is 6.18. The Morgan fingerprint density at radius 1 is 1.00 bits per heavy atom. The number of hydrogen-bond donors (Lipinski definition) is 1. The zero-order valence-corrected chi connectivity index (χ0v) is 18.5. The molecule has 9 heteroatoms. The molecule has 3 rings (SSSR count). The molecule has 1 heterocycles. The second-order valence-corrected chi connectivity index (χ2v) is 7.43. The Morgan fingerprint density at radius 3 is 2.45 bits per heavy atom. The summed E-state index contributed by atoms with van der Waals surface area (Å²) in [6, 6.07) is 17.7.